The number of hydrogen-bond donors (Lipinski definition) is 1. The van der Waals surface area contributed by atoms with Gasteiger partial charge in [-0.3, -0.25) is 9.78 Å². The first-order valence-corrected chi connectivity index (χ1v) is 7.65. The molecule has 2 saturated heterocycles. The van der Waals surface area contributed by atoms with Gasteiger partial charge in [0.25, 0.3) is 5.91 Å². The molecule has 0 aromatic carbocycles. The molecule has 1 aromatic rings. The molecule has 3 rings (SSSR count). The highest BCUT2D eigenvalue weighted by atomic mass is 16.5. The summed E-state index contributed by atoms with van der Waals surface area (Å²) in [6, 6.07) is 3.61. The summed E-state index contributed by atoms with van der Waals surface area (Å²) in [4.78, 5) is 18.6. The third-order valence-electron chi connectivity index (χ3n) is 4.75. The van der Waals surface area contributed by atoms with Crippen molar-refractivity contribution in [3.05, 3.63) is 29.6 Å². The fourth-order valence-corrected chi connectivity index (χ4v) is 3.36. The van der Waals surface area contributed by atoms with Crippen molar-refractivity contribution in [2.75, 3.05) is 19.7 Å². The van der Waals surface area contributed by atoms with Crippen molar-refractivity contribution >= 4 is 5.91 Å². The Morgan fingerprint density at radius 1 is 1.48 bits per heavy atom. The van der Waals surface area contributed by atoms with Crippen molar-refractivity contribution in [2.45, 2.75) is 44.3 Å². The van der Waals surface area contributed by atoms with Gasteiger partial charge in [-0.1, -0.05) is 0 Å². The van der Waals surface area contributed by atoms with E-state index in [1.54, 1.807) is 12.3 Å². The molecule has 2 aliphatic rings. The summed E-state index contributed by atoms with van der Waals surface area (Å²) in [6.45, 7) is 3.83. The maximum Gasteiger partial charge on any atom is 0.255 e. The number of aliphatic hydroxyl groups is 1. The zero-order valence-corrected chi connectivity index (χ0v) is 12.4. The summed E-state index contributed by atoms with van der Waals surface area (Å²) in [5, 5.41) is 10.2. The molecule has 114 valence electrons. The van der Waals surface area contributed by atoms with Crippen LogP contribution in [-0.2, 0) is 4.74 Å². The van der Waals surface area contributed by atoms with Crippen molar-refractivity contribution in [1.29, 1.82) is 0 Å². The number of likely N-dealkylation sites (tertiary alicyclic amines) is 1. The zero-order valence-electron chi connectivity index (χ0n) is 12.4. The standard InChI is InChI=1S/C16H22N2O3/c1-12-13(4-2-8-17-12)15(20)18-9-6-16(7-10-18)14(19)5-3-11-21-16/h2,4,8,14,19H,3,5-7,9-11H2,1H3. The van der Waals surface area contributed by atoms with Crippen LogP contribution in [0.3, 0.4) is 0 Å². The van der Waals surface area contributed by atoms with Crippen LogP contribution >= 0.6 is 0 Å². The molecule has 1 amide bonds. The van der Waals surface area contributed by atoms with Gasteiger partial charge in [-0.05, 0) is 44.7 Å². The minimum absolute atomic E-state index is 0.0285. The minimum Gasteiger partial charge on any atom is -0.390 e. The van der Waals surface area contributed by atoms with Crippen molar-refractivity contribution in [3.63, 3.8) is 0 Å². The Morgan fingerprint density at radius 3 is 2.90 bits per heavy atom. The second kappa shape index (κ2) is 5.73. The smallest absolute Gasteiger partial charge is 0.255 e. The van der Waals surface area contributed by atoms with Gasteiger partial charge >= 0.3 is 0 Å². The predicted molar refractivity (Wildman–Crippen MR) is 78.0 cm³/mol. The van der Waals surface area contributed by atoms with Gasteiger partial charge in [-0.15, -0.1) is 0 Å². The molecule has 1 unspecified atom stereocenters. The first kappa shape index (κ1) is 14.5. The Kier molecular flexibility index (Phi) is 3.95. The molecule has 21 heavy (non-hydrogen) atoms. The van der Waals surface area contributed by atoms with Gasteiger partial charge in [0.05, 0.1) is 17.3 Å². The van der Waals surface area contributed by atoms with Crippen molar-refractivity contribution < 1.29 is 14.6 Å². The van der Waals surface area contributed by atoms with E-state index in [2.05, 4.69) is 4.98 Å². The van der Waals surface area contributed by atoms with Gasteiger partial charge in [0.2, 0.25) is 0 Å². The van der Waals surface area contributed by atoms with Crippen LogP contribution in [0.15, 0.2) is 18.3 Å². The molecule has 0 aliphatic carbocycles. The molecule has 5 heteroatoms. The van der Waals surface area contributed by atoms with E-state index >= 15 is 0 Å². The van der Waals surface area contributed by atoms with Gasteiger partial charge < -0.3 is 14.7 Å². The fraction of sp³-hybridized carbons (Fsp3) is 0.625. The second-order valence-corrected chi connectivity index (χ2v) is 6.00. The van der Waals surface area contributed by atoms with Crippen LogP contribution in [0.2, 0.25) is 0 Å². The number of aryl methyl sites for hydroxylation is 1. The molecule has 1 aromatic heterocycles. The molecular weight excluding hydrogens is 268 g/mol. The summed E-state index contributed by atoms with van der Waals surface area (Å²) < 4.78 is 5.88. The summed E-state index contributed by atoms with van der Waals surface area (Å²) in [7, 11) is 0. The average molecular weight is 290 g/mol. The number of nitrogens with zero attached hydrogens (tertiary/aromatic N) is 2. The molecule has 0 saturated carbocycles. The highest BCUT2D eigenvalue weighted by molar-refractivity contribution is 5.95. The average Bonchev–Trinajstić information content (AvgIpc) is 2.51. The number of ether oxygens (including phenoxy) is 1. The van der Waals surface area contributed by atoms with Crippen molar-refractivity contribution in [2.24, 2.45) is 0 Å². The molecule has 2 aliphatic heterocycles. The highest BCUT2D eigenvalue weighted by Gasteiger charge is 2.44. The number of amides is 1. The molecule has 0 bridgehead atoms. The van der Waals surface area contributed by atoms with E-state index in [0.717, 1.165) is 18.5 Å². The first-order valence-electron chi connectivity index (χ1n) is 7.65. The lowest BCUT2D eigenvalue weighted by Gasteiger charge is -2.46. The van der Waals surface area contributed by atoms with E-state index in [-0.39, 0.29) is 5.91 Å². The molecular formula is C16H22N2O3. The van der Waals surface area contributed by atoms with Gasteiger partial charge in [0, 0.05) is 31.6 Å². The van der Waals surface area contributed by atoms with Gasteiger partial charge in [0.1, 0.15) is 0 Å². The topological polar surface area (TPSA) is 62.7 Å². The number of piperidine rings is 1. The third-order valence-corrected chi connectivity index (χ3v) is 4.75. The largest absolute Gasteiger partial charge is 0.390 e. The van der Waals surface area contributed by atoms with E-state index < -0.39 is 11.7 Å². The highest BCUT2D eigenvalue weighted by Crippen LogP contribution is 2.35. The number of carbonyl (C=O) groups excluding carboxylic acids is 1. The van der Waals surface area contributed by atoms with Crippen LogP contribution in [0.5, 0.6) is 0 Å². The van der Waals surface area contributed by atoms with Crippen LogP contribution in [0.25, 0.3) is 0 Å². The Labute approximate surface area is 124 Å². The minimum atomic E-state index is -0.432. The third kappa shape index (κ3) is 2.68. The SMILES string of the molecule is Cc1ncccc1C(=O)N1CCC2(CC1)OCCCC2O. The Morgan fingerprint density at radius 2 is 2.24 bits per heavy atom. The number of rotatable bonds is 1. The second-order valence-electron chi connectivity index (χ2n) is 6.00. The van der Waals surface area contributed by atoms with E-state index in [0.29, 0.717) is 38.1 Å². The number of hydrogen-bond acceptors (Lipinski definition) is 4. The van der Waals surface area contributed by atoms with E-state index in [9.17, 15) is 9.90 Å². The molecule has 1 spiro atoms. The number of aromatic nitrogens is 1. The zero-order chi connectivity index (χ0) is 14.9. The molecule has 1 atom stereocenters. The summed E-state index contributed by atoms with van der Waals surface area (Å²) >= 11 is 0. The lowest BCUT2D eigenvalue weighted by molar-refractivity contribution is -0.174. The van der Waals surface area contributed by atoms with E-state index in [4.69, 9.17) is 4.74 Å². The maximum absolute atomic E-state index is 12.6. The normalized spacial score (nSPS) is 25.0. The number of carbonyl (C=O) groups is 1. The Hall–Kier alpha value is -1.46. The monoisotopic (exact) mass is 290 g/mol. The van der Waals surface area contributed by atoms with Crippen LogP contribution in [0, 0.1) is 6.92 Å². The van der Waals surface area contributed by atoms with Gasteiger partial charge in [-0.25, -0.2) is 0 Å². The predicted octanol–water partition coefficient (Wildman–Crippen LogP) is 1.54. The fourth-order valence-electron chi connectivity index (χ4n) is 3.36. The van der Waals surface area contributed by atoms with E-state index in [1.807, 2.05) is 17.9 Å². The quantitative estimate of drug-likeness (QED) is 0.852. The van der Waals surface area contributed by atoms with Gasteiger partial charge in [-0.2, -0.15) is 0 Å². The van der Waals surface area contributed by atoms with Crippen LogP contribution < -0.4 is 0 Å². The molecule has 3 heterocycles. The molecule has 2 fully saturated rings. The summed E-state index contributed by atoms with van der Waals surface area (Å²) in [5.41, 5.74) is 0.995. The van der Waals surface area contributed by atoms with E-state index in [1.165, 1.54) is 0 Å². The molecule has 5 nitrogen and oxygen atoms in total. The summed E-state index contributed by atoms with van der Waals surface area (Å²) in [5.74, 6) is 0.0285. The number of aliphatic hydroxyl groups excluding tert-OH is 1. The first-order chi connectivity index (χ1) is 10.1. The molecule has 1 N–H and O–H groups in total. The van der Waals surface area contributed by atoms with Crippen molar-refractivity contribution in [3.8, 4) is 0 Å². The van der Waals surface area contributed by atoms with Crippen LogP contribution in [0.4, 0.5) is 0 Å². The summed E-state index contributed by atoms with van der Waals surface area (Å²) in [6.07, 6.45) is 4.43. The lowest BCUT2D eigenvalue weighted by Crippen LogP contribution is -2.56. The van der Waals surface area contributed by atoms with Crippen LogP contribution in [0.1, 0.15) is 41.7 Å². The van der Waals surface area contributed by atoms with Gasteiger partial charge in [0.15, 0.2) is 0 Å². The molecule has 0 radical (unpaired) electrons. The Bertz CT molecular complexity index is 524. The lowest BCUT2D eigenvalue weighted by atomic mass is 9.82. The Balaban J connectivity index is 1.68. The number of pyridine rings is 1. The van der Waals surface area contributed by atoms with Crippen LogP contribution in [-0.4, -0.2) is 52.3 Å². The maximum atomic E-state index is 12.6. The van der Waals surface area contributed by atoms with Crippen molar-refractivity contribution in [1.82, 2.24) is 9.88 Å².